The van der Waals surface area contributed by atoms with Crippen molar-refractivity contribution in [1.29, 1.82) is 0 Å². The molecule has 2 heterocycles. The number of allylic oxidation sites excluding steroid dienone is 3. The van der Waals surface area contributed by atoms with Gasteiger partial charge < -0.3 is 9.47 Å². The first kappa shape index (κ1) is 27.3. The van der Waals surface area contributed by atoms with E-state index in [0.29, 0.717) is 0 Å². The van der Waals surface area contributed by atoms with Gasteiger partial charge in [0.2, 0.25) is 0 Å². The summed E-state index contributed by atoms with van der Waals surface area (Å²) in [5, 5.41) is 3.91. The molecule has 2 aliphatic carbocycles. The van der Waals surface area contributed by atoms with Crippen molar-refractivity contribution in [1.82, 2.24) is 4.57 Å². The Morgan fingerprint density at radius 2 is 1.23 bits per heavy atom. The molecule has 6 aromatic carbocycles. The summed E-state index contributed by atoms with van der Waals surface area (Å²) in [5.41, 5.74) is 14.3. The Balaban J connectivity index is 1.15. The molecule has 0 bridgehead atoms. The monoisotopic (exact) mass is 614 g/mol. The van der Waals surface area contributed by atoms with Crippen LogP contribution in [0.25, 0.3) is 55.7 Å². The Morgan fingerprint density at radius 3 is 2.04 bits per heavy atom. The summed E-state index contributed by atoms with van der Waals surface area (Å²) >= 11 is 0. The molecule has 7 aromatic rings. The summed E-state index contributed by atoms with van der Waals surface area (Å²) in [6.45, 7) is 0. The minimum atomic E-state index is 0.216. The molecule has 0 saturated heterocycles. The number of fused-ring (bicyclic) bond motifs is 8. The quantitative estimate of drug-likeness (QED) is 0.191. The topological polar surface area (TPSA) is 8.17 Å². The van der Waals surface area contributed by atoms with Gasteiger partial charge in [0.25, 0.3) is 0 Å². The predicted molar refractivity (Wildman–Crippen MR) is 202 cm³/mol. The highest BCUT2D eigenvalue weighted by molar-refractivity contribution is 6.00. The number of nitrogens with zero attached hydrogens (tertiary/aromatic N) is 2. The molecule has 48 heavy (non-hydrogen) atoms. The zero-order valence-corrected chi connectivity index (χ0v) is 26.6. The lowest BCUT2D eigenvalue weighted by Crippen LogP contribution is -2.28. The van der Waals surface area contributed by atoms with Gasteiger partial charge in [0.05, 0.1) is 11.6 Å². The lowest BCUT2D eigenvalue weighted by molar-refractivity contribution is 0.746. The van der Waals surface area contributed by atoms with Crippen LogP contribution in [0.2, 0.25) is 0 Å². The molecule has 2 nitrogen and oxygen atoms in total. The van der Waals surface area contributed by atoms with Crippen molar-refractivity contribution in [2.75, 3.05) is 4.90 Å². The third kappa shape index (κ3) is 4.19. The second kappa shape index (κ2) is 10.9. The van der Waals surface area contributed by atoms with Crippen molar-refractivity contribution in [3.8, 4) is 27.9 Å². The molecule has 0 spiro atoms. The van der Waals surface area contributed by atoms with Gasteiger partial charge >= 0.3 is 0 Å². The molecule has 228 valence electrons. The SMILES string of the molecule is C1=CC2c3c(ccc4c5c(n(-c6ccc(-c7ccccc7)cc6)c34)C=CCC5)N(c3ccc4cc(-c5ccccc5)ccc4c3)C2C=C1. The van der Waals surface area contributed by atoms with Crippen LogP contribution in [0.15, 0.2) is 164 Å². The lowest BCUT2D eigenvalue weighted by atomic mass is 9.89. The Labute approximate surface area is 281 Å². The summed E-state index contributed by atoms with van der Waals surface area (Å²) in [6, 6.07) is 49.3. The highest BCUT2D eigenvalue weighted by Gasteiger charge is 2.40. The standard InChI is InChI=1S/C46H34N2/c1-3-11-31(12-4-1)33-21-24-37(25-22-33)48-42-17-9-7-15-39(42)40-27-28-44-45(46(40)48)41-16-8-10-18-43(41)47(44)38-26-23-35-29-34(19-20-36(35)30-38)32-13-5-2-6-14-32/h1-6,8-14,16-30,41,43H,7,15H2. The molecular weight excluding hydrogens is 581 g/mol. The highest BCUT2D eigenvalue weighted by atomic mass is 15.2. The fourth-order valence-electron chi connectivity index (χ4n) is 8.35. The normalized spacial score (nSPS) is 17.5. The van der Waals surface area contributed by atoms with Crippen molar-refractivity contribution in [2.24, 2.45) is 0 Å². The molecule has 0 fully saturated rings. The Kier molecular flexibility index (Phi) is 6.17. The van der Waals surface area contributed by atoms with Gasteiger partial charge in [0.15, 0.2) is 0 Å². The lowest BCUT2D eigenvalue weighted by Gasteiger charge is -2.29. The molecule has 3 aliphatic rings. The number of hydrogen-bond acceptors (Lipinski definition) is 1. The van der Waals surface area contributed by atoms with Crippen molar-refractivity contribution in [3.05, 3.63) is 181 Å². The van der Waals surface area contributed by atoms with E-state index in [9.17, 15) is 0 Å². The number of benzene rings is 6. The molecule has 1 aromatic heterocycles. The van der Waals surface area contributed by atoms with E-state index >= 15 is 0 Å². The highest BCUT2D eigenvalue weighted by Crippen LogP contribution is 2.52. The first-order valence-electron chi connectivity index (χ1n) is 17.1. The minimum Gasteiger partial charge on any atom is -0.333 e. The number of aryl methyl sites for hydroxylation is 1. The summed E-state index contributed by atoms with van der Waals surface area (Å²) < 4.78 is 2.55. The number of hydrogen-bond donors (Lipinski definition) is 0. The summed E-state index contributed by atoms with van der Waals surface area (Å²) in [5.74, 6) is 0.257. The Morgan fingerprint density at radius 1 is 0.562 bits per heavy atom. The second-order valence-corrected chi connectivity index (χ2v) is 13.2. The van der Waals surface area contributed by atoms with Crippen LogP contribution in [-0.2, 0) is 6.42 Å². The van der Waals surface area contributed by atoms with E-state index < -0.39 is 0 Å². The summed E-state index contributed by atoms with van der Waals surface area (Å²) in [6.07, 6.45) is 16.1. The van der Waals surface area contributed by atoms with Crippen LogP contribution in [0.4, 0.5) is 11.4 Å². The molecule has 2 unspecified atom stereocenters. The molecule has 2 heteroatoms. The fraction of sp³-hybridized carbons (Fsp3) is 0.0870. The fourth-order valence-corrected chi connectivity index (χ4v) is 8.35. The van der Waals surface area contributed by atoms with Crippen LogP contribution in [0.1, 0.15) is 29.2 Å². The van der Waals surface area contributed by atoms with E-state index in [0.717, 1.165) is 12.8 Å². The first-order chi connectivity index (χ1) is 23.8. The molecule has 2 atom stereocenters. The van der Waals surface area contributed by atoms with E-state index in [1.807, 2.05) is 0 Å². The van der Waals surface area contributed by atoms with Gasteiger partial charge in [-0.1, -0.05) is 127 Å². The average Bonchev–Trinajstić information content (AvgIpc) is 3.68. The number of anilines is 2. The van der Waals surface area contributed by atoms with E-state index in [1.54, 1.807) is 0 Å². The molecule has 0 N–H and O–H groups in total. The van der Waals surface area contributed by atoms with Crippen molar-refractivity contribution < 1.29 is 0 Å². The van der Waals surface area contributed by atoms with Crippen LogP contribution < -0.4 is 4.90 Å². The largest absolute Gasteiger partial charge is 0.333 e. The smallest absolute Gasteiger partial charge is 0.0630 e. The van der Waals surface area contributed by atoms with Crippen molar-refractivity contribution in [2.45, 2.75) is 24.8 Å². The van der Waals surface area contributed by atoms with E-state index in [4.69, 9.17) is 0 Å². The molecule has 0 radical (unpaired) electrons. The van der Waals surface area contributed by atoms with Crippen molar-refractivity contribution in [3.63, 3.8) is 0 Å². The van der Waals surface area contributed by atoms with Crippen LogP contribution in [-0.4, -0.2) is 10.6 Å². The zero-order valence-electron chi connectivity index (χ0n) is 26.6. The maximum atomic E-state index is 2.58. The van der Waals surface area contributed by atoms with Crippen molar-refractivity contribution >= 4 is 39.1 Å². The van der Waals surface area contributed by atoms with Crippen LogP contribution >= 0.6 is 0 Å². The van der Waals surface area contributed by atoms with Gasteiger partial charge in [-0.25, -0.2) is 0 Å². The maximum absolute atomic E-state index is 2.58. The van der Waals surface area contributed by atoms with Crippen LogP contribution in [0.5, 0.6) is 0 Å². The van der Waals surface area contributed by atoms with Crippen LogP contribution in [0, 0.1) is 0 Å². The summed E-state index contributed by atoms with van der Waals surface area (Å²) in [7, 11) is 0. The number of rotatable bonds is 4. The minimum absolute atomic E-state index is 0.216. The van der Waals surface area contributed by atoms with Gasteiger partial charge in [0, 0.05) is 39.6 Å². The van der Waals surface area contributed by atoms with Crippen LogP contribution in [0.3, 0.4) is 0 Å². The summed E-state index contributed by atoms with van der Waals surface area (Å²) in [4.78, 5) is 2.58. The Bertz CT molecular complexity index is 2440. The Hall–Kier alpha value is -5.86. The van der Waals surface area contributed by atoms with Gasteiger partial charge in [-0.05, 0) is 93.9 Å². The first-order valence-corrected chi connectivity index (χ1v) is 17.1. The van der Waals surface area contributed by atoms with Gasteiger partial charge in [-0.15, -0.1) is 0 Å². The molecule has 10 rings (SSSR count). The molecule has 0 saturated carbocycles. The van der Waals surface area contributed by atoms with E-state index in [2.05, 4.69) is 179 Å². The third-order valence-corrected chi connectivity index (χ3v) is 10.6. The van der Waals surface area contributed by atoms with Gasteiger partial charge in [-0.2, -0.15) is 0 Å². The van der Waals surface area contributed by atoms with E-state index in [1.165, 1.54) is 77.8 Å². The van der Waals surface area contributed by atoms with Gasteiger partial charge in [0.1, 0.15) is 0 Å². The average molecular weight is 615 g/mol. The second-order valence-electron chi connectivity index (χ2n) is 13.2. The molecule has 1 aliphatic heterocycles. The third-order valence-electron chi connectivity index (χ3n) is 10.6. The zero-order chi connectivity index (χ0) is 31.6. The predicted octanol–water partition coefficient (Wildman–Crippen LogP) is 11.8. The maximum Gasteiger partial charge on any atom is 0.0630 e. The van der Waals surface area contributed by atoms with Gasteiger partial charge in [-0.3, -0.25) is 0 Å². The molecule has 0 amide bonds. The number of aromatic nitrogens is 1. The van der Waals surface area contributed by atoms with E-state index in [-0.39, 0.29) is 12.0 Å². The molecular formula is C46H34N2.